The van der Waals surface area contributed by atoms with E-state index in [0.717, 1.165) is 10.9 Å². The molecule has 2 aromatic rings. The van der Waals surface area contributed by atoms with Gasteiger partial charge in [0.25, 0.3) is 0 Å². The molecule has 0 aliphatic heterocycles. The molecule has 2 aromatic heterocycles. The third-order valence-corrected chi connectivity index (χ3v) is 2.85. The highest BCUT2D eigenvalue weighted by atomic mass is 79.9. The number of halogens is 2. The molecule has 0 spiro atoms. The van der Waals surface area contributed by atoms with Crippen LogP contribution >= 0.6 is 27.5 Å². The summed E-state index contributed by atoms with van der Waals surface area (Å²) in [6.07, 6.45) is 2.39. The van der Waals surface area contributed by atoms with Crippen molar-refractivity contribution in [3.8, 4) is 5.82 Å². The van der Waals surface area contributed by atoms with Gasteiger partial charge in [-0.05, 0) is 40.2 Å². The molecule has 0 saturated heterocycles. The van der Waals surface area contributed by atoms with Crippen LogP contribution in [0.4, 0.5) is 0 Å². The fourth-order valence-corrected chi connectivity index (χ4v) is 1.99. The summed E-state index contributed by atoms with van der Waals surface area (Å²) in [6.45, 7) is 0. The molecule has 0 aliphatic carbocycles. The van der Waals surface area contributed by atoms with E-state index in [1.165, 1.54) is 0 Å². The van der Waals surface area contributed by atoms with Crippen LogP contribution < -0.4 is 0 Å². The highest BCUT2D eigenvalue weighted by molar-refractivity contribution is 9.10. The third-order valence-electron chi connectivity index (χ3n) is 1.94. The fourth-order valence-electron chi connectivity index (χ4n) is 1.28. The zero-order valence-electron chi connectivity index (χ0n) is 7.52. The minimum atomic E-state index is 0.498. The maximum Gasteiger partial charge on any atom is 0.166 e. The van der Waals surface area contributed by atoms with Crippen molar-refractivity contribution in [2.45, 2.75) is 0 Å². The lowest BCUT2D eigenvalue weighted by molar-refractivity contribution is 0.111. The average Bonchev–Trinajstić information content (AvgIpc) is 2.60. The van der Waals surface area contributed by atoms with Crippen LogP contribution in [-0.2, 0) is 0 Å². The van der Waals surface area contributed by atoms with Crippen LogP contribution in [-0.4, -0.2) is 15.8 Å². The van der Waals surface area contributed by atoms with Crippen LogP contribution in [0.1, 0.15) is 10.5 Å². The third kappa shape index (κ3) is 1.82. The Labute approximate surface area is 99.8 Å². The van der Waals surface area contributed by atoms with E-state index in [1.807, 2.05) is 0 Å². The van der Waals surface area contributed by atoms with Crippen LogP contribution in [0.3, 0.4) is 0 Å². The molecule has 0 saturated carbocycles. The van der Waals surface area contributed by atoms with Crippen LogP contribution in [0, 0.1) is 0 Å². The molecule has 2 rings (SSSR count). The van der Waals surface area contributed by atoms with Crippen LogP contribution in [0.25, 0.3) is 5.82 Å². The van der Waals surface area contributed by atoms with Crippen molar-refractivity contribution >= 4 is 33.8 Å². The SMILES string of the molecule is O=Cc1ccc(Br)n1-c1ncccc1Cl. The van der Waals surface area contributed by atoms with E-state index in [2.05, 4.69) is 20.9 Å². The largest absolute Gasteiger partial charge is 0.296 e. The Bertz CT molecular complexity index is 510. The van der Waals surface area contributed by atoms with E-state index < -0.39 is 0 Å². The summed E-state index contributed by atoms with van der Waals surface area (Å²) in [5, 5.41) is 0.498. The summed E-state index contributed by atoms with van der Waals surface area (Å²) >= 11 is 9.33. The molecular formula is C10H6BrClN2O. The highest BCUT2D eigenvalue weighted by Gasteiger charge is 2.11. The van der Waals surface area contributed by atoms with Gasteiger partial charge in [-0.25, -0.2) is 4.98 Å². The smallest absolute Gasteiger partial charge is 0.166 e. The normalized spacial score (nSPS) is 10.3. The van der Waals surface area contributed by atoms with Gasteiger partial charge in [0.05, 0.1) is 15.3 Å². The minimum absolute atomic E-state index is 0.498. The van der Waals surface area contributed by atoms with E-state index in [0.29, 0.717) is 16.5 Å². The number of rotatable bonds is 2. The molecule has 0 fully saturated rings. The first-order chi connectivity index (χ1) is 7.24. The van der Waals surface area contributed by atoms with Crippen molar-refractivity contribution < 1.29 is 4.79 Å². The molecular weight excluding hydrogens is 279 g/mol. The maximum atomic E-state index is 10.8. The van der Waals surface area contributed by atoms with Gasteiger partial charge in [-0.15, -0.1) is 0 Å². The van der Waals surface area contributed by atoms with Crippen molar-refractivity contribution in [1.82, 2.24) is 9.55 Å². The van der Waals surface area contributed by atoms with Gasteiger partial charge in [-0.2, -0.15) is 0 Å². The molecule has 76 valence electrons. The summed E-state index contributed by atoms with van der Waals surface area (Å²) in [7, 11) is 0. The number of hydrogen-bond donors (Lipinski definition) is 0. The molecule has 15 heavy (non-hydrogen) atoms. The molecule has 0 bridgehead atoms. The summed E-state index contributed by atoms with van der Waals surface area (Å²) in [5.74, 6) is 0.540. The number of aromatic nitrogens is 2. The van der Waals surface area contributed by atoms with Gasteiger partial charge in [-0.3, -0.25) is 9.36 Å². The van der Waals surface area contributed by atoms with Gasteiger partial charge in [0.2, 0.25) is 0 Å². The molecule has 0 unspecified atom stereocenters. The van der Waals surface area contributed by atoms with Crippen LogP contribution in [0.5, 0.6) is 0 Å². The lowest BCUT2D eigenvalue weighted by atomic mass is 10.4. The number of pyridine rings is 1. The van der Waals surface area contributed by atoms with Gasteiger partial charge in [0.15, 0.2) is 12.1 Å². The number of carbonyl (C=O) groups excluding carboxylic acids is 1. The Balaban J connectivity index is 2.68. The van der Waals surface area contributed by atoms with Crippen molar-refractivity contribution in [1.29, 1.82) is 0 Å². The molecule has 0 N–H and O–H groups in total. The lowest BCUT2D eigenvalue weighted by Crippen LogP contribution is -2.02. The molecule has 0 aromatic carbocycles. The van der Waals surface area contributed by atoms with Gasteiger partial charge in [0, 0.05) is 6.20 Å². The Kier molecular flexibility index (Phi) is 2.88. The summed E-state index contributed by atoms with van der Waals surface area (Å²) in [5.41, 5.74) is 0.502. The molecule has 0 atom stereocenters. The Morgan fingerprint density at radius 3 is 2.87 bits per heavy atom. The van der Waals surface area contributed by atoms with Crippen LogP contribution in [0.15, 0.2) is 35.1 Å². The van der Waals surface area contributed by atoms with E-state index in [-0.39, 0.29) is 0 Å². The zero-order chi connectivity index (χ0) is 10.8. The van der Waals surface area contributed by atoms with Gasteiger partial charge < -0.3 is 0 Å². The minimum Gasteiger partial charge on any atom is -0.296 e. The standard InChI is InChI=1S/C10H6BrClN2O/c11-9-4-3-7(6-15)14(9)10-8(12)2-1-5-13-10/h1-6H. The number of hydrogen-bond acceptors (Lipinski definition) is 2. The Morgan fingerprint density at radius 1 is 1.40 bits per heavy atom. The monoisotopic (exact) mass is 284 g/mol. The first-order valence-electron chi connectivity index (χ1n) is 4.17. The zero-order valence-corrected chi connectivity index (χ0v) is 9.86. The Hall–Kier alpha value is -1.13. The van der Waals surface area contributed by atoms with Crippen molar-refractivity contribution in [3.63, 3.8) is 0 Å². The maximum absolute atomic E-state index is 10.8. The van der Waals surface area contributed by atoms with Gasteiger partial charge in [0.1, 0.15) is 0 Å². The molecule has 0 amide bonds. The first kappa shape index (κ1) is 10.4. The first-order valence-corrected chi connectivity index (χ1v) is 5.34. The fraction of sp³-hybridized carbons (Fsp3) is 0. The molecule has 5 heteroatoms. The lowest BCUT2D eigenvalue weighted by Gasteiger charge is -2.07. The number of carbonyl (C=O) groups is 1. The quantitative estimate of drug-likeness (QED) is 0.795. The topological polar surface area (TPSA) is 34.9 Å². The predicted molar refractivity (Wildman–Crippen MR) is 61.7 cm³/mol. The van der Waals surface area contributed by atoms with Crippen molar-refractivity contribution in [2.75, 3.05) is 0 Å². The Morgan fingerprint density at radius 2 is 2.20 bits per heavy atom. The molecule has 0 aliphatic rings. The second kappa shape index (κ2) is 4.16. The van der Waals surface area contributed by atoms with Gasteiger partial charge >= 0.3 is 0 Å². The van der Waals surface area contributed by atoms with Crippen molar-refractivity contribution in [2.24, 2.45) is 0 Å². The van der Waals surface area contributed by atoms with E-state index in [4.69, 9.17) is 11.6 Å². The number of aldehydes is 1. The van der Waals surface area contributed by atoms with E-state index in [1.54, 1.807) is 35.0 Å². The second-order valence-electron chi connectivity index (χ2n) is 2.84. The summed E-state index contributed by atoms with van der Waals surface area (Å²) in [6, 6.07) is 6.94. The summed E-state index contributed by atoms with van der Waals surface area (Å²) < 4.78 is 2.39. The predicted octanol–water partition coefficient (Wildman–Crippen LogP) is 3.10. The number of nitrogens with zero attached hydrogens (tertiary/aromatic N) is 2. The average molecular weight is 286 g/mol. The second-order valence-corrected chi connectivity index (χ2v) is 4.06. The van der Waals surface area contributed by atoms with E-state index >= 15 is 0 Å². The molecule has 3 nitrogen and oxygen atoms in total. The molecule has 2 heterocycles. The van der Waals surface area contributed by atoms with Crippen molar-refractivity contribution in [3.05, 3.63) is 45.8 Å². The van der Waals surface area contributed by atoms with E-state index in [9.17, 15) is 4.79 Å². The van der Waals surface area contributed by atoms with Gasteiger partial charge in [-0.1, -0.05) is 11.6 Å². The van der Waals surface area contributed by atoms with Crippen LogP contribution in [0.2, 0.25) is 5.02 Å². The molecule has 0 radical (unpaired) electrons. The summed E-state index contributed by atoms with van der Waals surface area (Å²) in [4.78, 5) is 14.9. The highest BCUT2D eigenvalue weighted by Crippen LogP contribution is 2.24.